The number of aromatic nitrogens is 1. The molecule has 17 heavy (non-hydrogen) atoms. The van der Waals surface area contributed by atoms with E-state index in [2.05, 4.69) is 10.3 Å². The van der Waals surface area contributed by atoms with Gasteiger partial charge in [0.25, 0.3) is 0 Å². The van der Waals surface area contributed by atoms with Crippen molar-refractivity contribution in [2.75, 3.05) is 14.1 Å². The molecule has 0 atom stereocenters. The lowest BCUT2D eigenvalue weighted by atomic mass is 10.1. The van der Waals surface area contributed by atoms with E-state index in [4.69, 9.17) is 16.7 Å². The molecule has 0 amide bonds. The van der Waals surface area contributed by atoms with Crippen molar-refractivity contribution in [2.24, 2.45) is 0 Å². The average Bonchev–Trinajstić information content (AvgIpc) is 2.29. The van der Waals surface area contributed by atoms with Crippen LogP contribution >= 0.6 is 11.6 Å². The van der Waals surface area contributed by atoms with Crippen LogP contribution in [0.1, 0.15) is 10.4 Å². The molecular weight excluding hydrogens is 240 g/mol. The van der Waals surface area contributed by atoms with E-state index in [0.29, 0.717) is 10.7 Å². The molecule has 0 aliphatic rings. The third kappa shape index (κ3) is 3.41. The molecule has 0 saturated carbocycles. The van der Waals surface area contributed by atoms with Gasteiger partial charge in [0.2, 0.25) is 0 Å². The van der Waals surface area contributed by atoms with Gasteiger partial charge in [-0.3, -0.25) is 0 Å². The van der Waals surface area contributed by atoms with Crippen LogP contribution in [0.25, 0.3) is 10.9 Å². The van der Waals surface area contributed by atoms with Gasteiger partial charge in [-0.15, -0.1) is 0 Å². The maximum absolute atomic E-state index is 10.8. The van der Waals surface area contributed by atoms with Crippen molar-refractivity contribution < 1.29 is 9.90 Å². The molecule has 1 aromatic carbocycles. The first kappa shape index (κ1) is 13.4. The zero-order valence-electron chi connectivity index (χ0n) is 9.57. The number of carboxylic acids is 1. The summed E-state index contributed by atoms with van der Waals surface area (Å²) in [6.07, 6.45) is 0. The second kappa shape index (κ2) is 6.18. The molecule has 0 aliphatic carbocycles. The predicted octanol–water partition coefficient (Wildman–Crippen LogP) is 2.42. The number of nitrogens with zero attached hydrogens (tertiary/aromatic N) is 1. The standard InChI is InChI=1S/C10H6ClNO2.C2H7N/c11-8-5-4-6-2-1-3-7(10(13)14)9(6)12-8;1-3-2/h1-5H,(H,13,14);3H,1-2H3. The van der Waals surface area contributed by atoms with Crippen LogP contribution in [0.4, 0.5) is 0 Å². The first-order valence-electron chi connectivity index (χ1n) is 4.97. The summed E-state index contributed by atoms with van der Waals surface area (Å²) in [7, 11) is 3.75. The monoisotopic (exact) mass is 252 g/mol. The minimum atomic E-state index is -0.995. The number of nitrogens with one attached hydrogen (secondary N) is 1. The van der Waals surface area contributed by atoms with E-state index in [1.165, 1.54) is 6.07 Å². The van der Waals surface area contributed by atoms with Crippen molar-refractivity contribution in [1.82, 2.24) is 10.3 Å². The highest BCUT2D eigenvalue weighted by atomic mass is 35.5. The number of hydrogen-bond acceptors (Lipinski definition) is 3. The van der Waals surface area contributed by atoms with Crippen molar-refractivity contribution in [1.29, 1.82) is 0 Å². The summed E-state index contributed by atoms with van der Waals surface area (Å²) >= 11 is 5.69. The van der Waals surface area contributed by atoms with Gasteiger partial charge in [0.05, 0.1) is 11.1 Å². The number of fused-ring (bicyclic) bond motifs is 1. The minimum Gasteiger partial charge on any atom is -0.478 e. The molecule has 1 heterocycles. The molecule has 2 N–H and O–H groups in total. The van der Waals surface area contributed by atoms with E-state index in [-0.39, 0.29) is 5.56 Å². The van der Waals surface area contributed by atoms with Crippen molar-refractivity contribution in [2.45, 2.75) is 0 Å². The summed E-state index contributed by atoms with van der Waals surface area (Å²) in [5.41, 5.74) is 0.595. The Morgan fingerprint density at radius 1 is 1.29 bits per heavy atom. The molecule has 4 nitrogen and oxygen atoms in total. The number of aromatic carboxylic acids is 1. The largest absolute Gasteiger partial charge is 0.478 e. The quantitative estimate of drug-likeness (QED) is 0.765. The van der Waals surface area contributed by atoms with Gasteiger partial charge in [-0.1, -0.05) is 23.7 Å². The summed E-state index contributed by atoms with van der Waals surface area (Å²) in [4.78, 5) is 14.8. The summed E-state index contributed by atoms with van der Waals surface area (Å²) in [6, 6.07) is 8.37. The van der Waals surface area contributed by atoms with Gasteiger partial charge in [0, 0.05) is 5.39 Å². The van der Waals surface area contributed by atoms with Crippen LogP contribution in [-0.4, -0.2) is 30.2 Å². The third-order valence-electron chi connectivity index (χ3n) is 1.92. The lowest BCUT2D eigenvalue weighted by molar-refractivity contribution is 0.0699. The maximum Gasteiger partial charge on any atom is 0.337 e. The Bertz CT molecular complexity index is 529. The fourth-order valence-corrected chi connectivity index (χ4v) is 1.44. The van der Waals surface area contributed by atoms with Gasteiger partial charge in [-0.25, -0.2) is 9.78 Å². The van der Waals surface area contributed by atoms with Gasteiger partial charge in [0.15, 0.2) is 0 Å². The van der Waals surface area contributed by atoms with E-state index in [0.717, 1.165) is 5.39 Å². The molecule has 2 rings (SSSR count). The maximum atomic E-state index is 10.8. The molecule has 90 valence electrons. The lowest BCUT2D eigenvalue weighted by Gasteiger charge is -2.00. The minimum absolute atomic E-state index is 0.171. The number of pyridine rings is 1. The summed E-state index contributed by atoms with van der Waals surface area (Å²) < 4.78 is 0. The number of hydrogen-bond donors (Lipinski definition) is 2. The van der Waals surface area contributed by atoms with Crippen LogP contribution in [0.3, 0.4) is 0 Å². The Kier molecular flexibility index (Phi) is 4.87. The fraction of sp³-hybridized carbons (Fsp3) is 0.167. The Hall–Kier alpha value is -1.65. The fourth-order valence-electron chi connectivity index (χ4n) is 1.30. The zero-order valence-corrected chi connectivity index (χ0v) is 10.3. The topological polar surface area (TPSA) is 62.2 Å². The lowest BCUT2D eigenvalue weighted by Crippen LogP contribution is -1.98. The normalized spacial score (nSPS) is 9.59. The molecule has 0 spiro atoms. The Morgan fingerprint density at radius 2 is 1.94 bits per heavy atom. The number of para-hydroxylation sites is 1. The van der Waals surface area contributed by atoms with Crippen molar-refractivity contribution >= 4 is 28.5 Å². The SMILES string of the molecule is CNC.O=C(O)c1cccc2ccc(Cl)nc12. The molecule has 0 saturated heterocycles. The molecule has 2 aromatic rings. The first-order chi connectivity index (χ1) is 8.10. The van der Waals surface area contributed by atoms with E-state index < -0.39 is 5.97 Å². The van der Waals surface area contributed by atoms with Gasteiger partial charge < -0.3 is 10.4 Å². The van der Waals surface area contributed by atoms with Crippen LogP contribution in [0.2, 0.25) is 5.15 Å². The Labute approximate surface area is 104 Å². The van der Waals surface area contributed by atoms with Crippen LogP contribution < -0.4 is 5.32 Å². The Morgan fingerprint density at radius 3 is 2.53 bits per heavy atom. The van der Waals surface area contributed by atoms with Crippen LogP contribution in [0.15, 0.2) is 30.3 Å². The van der Waals surface area contributed by atoms with Gasteiger partial charge >= 0.3 is 5.97 Å². The number of rotatable bonds is 1. The second-order valence-electron chi connectivity index (χ2n) is 3.32. The van der Waals surface area contributed by atoms with Crippen LogP contribution in [0, 0.1) is 0 Å². The van der Waals surface area contributed by atoms with Crippen molar-refractivity contribution in [3.8, 4) is 0 Å². The highest BCUT2D eigenvalue weighted by molar-refractivity contribution is 6.29. The molecule has 0 aliphatic heterocycles. The highest BCUT2D eigenvalue weighted by Crippen LogP contribution is 2.19. The van der Waals surface area contributed by atoms with Crippen LogP contribution in [-0.2, 0) is 0 Å². The molecule has 0 radical (unpaired) electrons. The number of carbonyl (C=O) groups is 1. The zero-order chi connectivity index (χ0) is 12.8. The predicted molar refractivity (Wildman–Crippen MR) is 68.7 cm³/mol. The summed E-state index contributed by atoms with van der Waals surface area (Å²) in [6.45, 7) is 0. The van der Waals surface area contributed by atoms with Gasteiger partial charge in [-0.05, 0) is 32.3 Å². The van der Waals surface area contributed by atoms with Crippen LogP contribution in [0.5, 0.6) is 0 Å². The van der Waals surface area contributed by atoms with Crippen molar-refractivity contribution in [3.63, 3.8) is 0 Å². The number of carboxylic acid groups (broad SMARTS) is 1. The molecule has 1 aromatic heterocycles. The Balaban J connectivity index is 0.000000437. The average molecular weight is 253 g/mol. The van der Waals surface area contributed by atoms with E-state index >= 15 is 0 Å². The third-order valence-corrected chi connectivity index (χ3v) is 2.13. The molecule has 5 heteroatoms. The molecule has 0 unspecified atom stereocenters. The smallest absolute Gasteiger partial charge is 0.337 e. The van der Waals surface area contributed by atoms with E-state index in [1.807, 2.05) is 14.1 Å². The van der Waals surface area contributed by atoms with Crippen molar-refractivity contribution in [3.05, 3.63) is 41.0 Å². The molecule has 0 fully saturated rings. The summed E-state index contributed by atoms with van der Waals surface area (Å²) in [5.74, 6) is -0.995. The number of halogens is 1. The van der Waals surface area contributed by atoms with Gasteiger partial charge in [0.1, 0.15) is 5.15 Å². The van der Waals surface area contributed by atoms with E-state index in [9.17, 15) is 4.79 Å². The highest BCUT2D eigenvalue weighted by Gasteiger charge is 2.08. The second-order valence-corrected chi connectivity index (χ2v) is 3.70. The molecular formula is C12H13ClN2O2. The molecule has 0 bridgehead atoms. The summed E-state index contributed by atoms with van der Waals surface area (Å²) in [5, 5.41) is 12.7. The number of benzene rings is 1. The van der Waals surface area contributed by atoms with Gasteiger partial charge in [-0.2, -0.15) is 0 Å². The first-order valence-corrected chi connectivity index (χ1v) is 5.35. The van der Waals surface area contributed by atoms with E-state index in [1.54, 1.807) is 24.3 Å².